The minimum atomic E-state index is -1.03. The first-order valence-corrected chi connectivity index (χ1v) is 13.7. The van der Waals surface area contributed by atoms with Gasteiger partial charge in [0, 0.05) is 38.1 Å². The molecular weight excluding hydrogens is 534 g/mol. The third-order valence-corrected chi connectivity index (χ3v) is 7.43. The molecule has 2 saturated heterocycles. The number of aliphatic hydroxyl groups excluding tert-OH is 1. The predicted octanol–water partition coefficient (Wildman–Crippen LogP) is 4.20. The van der Waals surface area contributed by atoms with Crippen molar-refractivity contribution >= 4 is 35.2 Å². The van der Waals surface area contributed by atoms with Gasteiger partial charge < -0.3 is 30.1 Å². The molecule has 11 heteroatoms. The number of halogens is 1. The molecule has 40 heavy (non-hydrogen) atoms. The van der Waals surface area contributed by atoms with Crippen molar-refractivity contribution in [3.63, 3.8) is 0 Å². The smallest absolute Gasteiger partial charge is 0.410 e. The number of likely N-dealkylation sites (tertiary alicyclic amines) is 1. The molecule has 2 fully saturated rings. The molecule has 0 spiro atoms. The Labute approximate surface area is 237 Å². The third-order valence-electron chi connectivity index (χ3n) is 7.13. The van der Waals surface area contributed by atoms with Crippen LogP contribution in [0.25, 0.3) is 11.3 Å². The third kappa shape index (κ3) is 7.07. The average molecular weight is 566 g/mol. The maximum atomic E-state index is 13.0. The van der Waals surface area contributed by atoms with Crippen molar-refractivity contribution in [3.8, 4) is 11.3 Å². The van der Waals surface area contributed by atoms with Crippen molar-refractivity contribution in [2.45, 2.75) is 25.6 Å². The van der Waals surface area contributed by atoms with Crippen molar-refractivity contribution in [2.24, 2.45) is 11.8 Å². The van der Waals surface area contributed by atoms with Crippen LogP contribution in [0.5, 0.6) is 0 Å². The van der Waals surface area contributed by atoms with E-state index < -0.39 is 24.0 Å². The van der Waals surface area contributed by atoms with Crippen LogP contribution in [-0.4, -0.2) is 70.9 Å². The number of anilines is 2. The second-order valence-electron chi connectivity index (χ2n) is 10.0. The Morgan fingerprint density at radius 2 is 1.88 bits per heavy atom. The largest absolute Gasteiger partial charge is 0.445 e. The van der Waals surface area contributed by atoms with Crippen LogP contribution in [-0.2, 0) is 20.9 Å². The number of nitrogens with zero attached hydrogens (tertiary/aromatic N) is 3. The van der Waals surface area contributed by atoms with Gasteiger partial charge in [-0.3, -0.25) is 4.79 Å². The van der Waals surface area contributed by atoms with Crippen molar-refractivity contribution in [3.05, 3.63) is 71.4 Å². The number of ether oxygens (including phenoxy) is 2. The maximum absolute atomic E-state index is 13.0. The highest BCUT2D eigenvalue weighted by molar-refractivity contribution is 6.33. The molecule has 3 N–H and O–H groups in total. The lowest BCUT2D eigenvalue weighted by molar-refractivity contribution is -0.121. The van der Waals surface area contributed by atoms with Crippen LogP contribution in [0, 0.1) is 11.8 Å². The molecule has 0 unspecified atom stereocenters. The first-order chi connectivity index (χ1) is 19.5. The molecule has 4 heterocycles. The van der Waals surface area contributed by atoms with Gasteiger partial charge in [-0.15, -0.1) is 0 Å². The quantitative estimate of drug-likeness (QED) is 0.371. The normalized spacial score (nSPS) is 19.3. The summed E-state index contributed by atoms with van der Waals surface area (Å²) in [7, 11) is 0. The summed E-state index contributed by atoms with van der Waals surface area (Å²) in [6.07, 6.45) is 1.88. The first kappa shape index (κ1) is 27.8. The molecule has 10 nitrogen and oxygen atoms in total. The standard InChI is InChI=1S/C29H32ClN5O5/c30-23-15-32-27(13-21(23)24-7-4-8-26(33-24)31-14-19-9-11-39-12-10-19)34-28(37)22-16-35(17-25(22)36)29(38)40-18-20-5-2-1-3-6-20/h1-8,13,15,19,22,25,36H,9-12,14,16-18H2,(H,31,33)(H,32,34,37)/t22-,25+/m0/s1. The number of β-amino-alcohol motifs (C(OH)–C–C–N with tert-alkyl or cyclic N) is 1. The van der Waals surface area contributed by atoms with E-state index in [2.05, 4.69) is 15.6 Å². The molecule has 2 aliphatic rings. The first-order valence-electron chi connectivity index (χ1n) is 13.4. The second kappa shape index (κ2) is 13.1. The van der Waals surface area contributed by atoms with Crippen LogP contribution in [0.4, 0.5) is 16.4 Å². The predicted molar refractivity (Wildman–Crippen MR) is 151 cm³/mol. The van der Waals surface area contributed by atoms with Gasteiger partial charge in [-0.1, -0.05) is 48.0 Å². The lowest BCUT2D eigenvalue weighted by Crippen LogP contribution is -2.32. The van der Waals surface area contributed by atoms with Gasteiger partial charge >= 0.3 is 6.09 Å². The zero-order valence-electron chi connectivity index (χ0n) is 22.0. The van der Waals surface area contributed by atoms with Gasteiger partial charge in [0.05, 0.1) is 29.3 Å². The van der Waals surface area contributed by atoms with Gasteiger partial charge in [-0.05, 0) is 42.5 Å². The number of pyridine rings is 2. The van der Waals surface area contributed by atoms with E-state index in [0.29, 0.717) is 22.2 Å². The Morgan fingerprint density at radius 3 is 2.67 bits per heavy atom. The molecule has 0 aliphatic carbocycles. The summed E-state index contributed by atoms with van der Waals surface area (Å²) < 4.78 is 10.8. The van der Waals surface area contributed by atoms with Gasteiger partial charge in [-0.25, -0.2) is 14.8 Å². The van der Waals surface area contributed by atoms with Crippen LogP contribution in [0.2, 0.25) is 5.02 Å². The summed E-state index contributed by atoms with van der Waals surface area (Å²) in [5.41, 5.74) is 2.09. The number of rotatable bonds is 8. The Kier molecular flexibility index (Phi) is 9.10. The monoisotopic (exact) mass is 565 g/mol. The van der Waals surface area contributed by atoms with E-state index in [9.17, 15) is 14.7 Å². The number of aliphatic hydroxyl groups is 1. The van der Waals surface area contributed by atoms with E-state index in [1.807, 2.05) is 48.5 Å². The summed E-state index contributed by atoms with van der Waals surface area (Å²) in [5, 5.41) is 17.1. The van der Waals surface area contributed by atoms with E-state index in [1.54, 1.807) is 6.07 Å². The molecule has 1 aromatic carbocycles. The van der Waals surface area contributed by atoms with Gasteiger partial charge in [0.2, 0.25) is 5.91 Å². The van der Waals surface area contributed by atoms with Crippen molar-refractivity contribution < 1.29 is 24.2 Å². The zero-order valence-corrected chi connectivity index (χ0v) is 22.7. The van der Waals surface area contributed by atoms with Crippen LogP contribution in [0.3, 0.4) is 0 Å². The number of hydrogen-bond acceptors (Lipinski definition) is 8. The molecule has 2 aliphatic heterocycles. The van der Waals surface area contributed by atoms with Crippen molar-refractivity contribution in [1.82, 2.24) is 14.9 Å². The average Bonchev–Trinajstić information content (AvgIpc) is 3.39. The minimum Gasteiger partial charge on any atom is -0.445 e. The van der Waals surface area contributed by atoms with E-state index in [-0.39, 0.29) is 25.5 Å². The van der Waals surface area contributed by atoms with E-state index in [0.717, 1.165) is 44.0 Å². The zero-order chi connectivity index (χ0) is 27.9. The van der Waals surface area contributed by atoms with E-state index in [1.165, 1.54) is 11.1 Å². The van der Waals surface area contributed by atoms with Gasteiger partial charge in [-0.2, -0.15) is 0 Å². The second-order valence-corrected chi connectivity index (χ2v) is 10.4. The van der Waals surface area contributed by atoms with Gasteiger partial charge in [0.1, 0.15) is 18.2 Å². The molecule has 2 aromatic heterocycles. The molecule has 0 radical (unpaired) electrons. The number of carbonyl (C=O) groups is 2. The van der Waals surface area contributed by atoms with Crippen LogP contribution in [0.15, 0.2) is 60.8 Å². The molecule has 0 saturated carbocycles. The SMILES string of the molecule is O=C(Nc1cc(-c2cccc(NCC3CCOCC3)n2)c(Cl)cn1)[C@H]1CN(C(=O)OCc2ccccc2)C[C@H]1O. The number of nitrogens with one attached hydrogen (secondary N) is 2. The summed E-state index contributed by atoms with van der Waals surface area (Å²) >= 11 is 6.45. The molecule has 5 rings (SSSR count). The van der Waals surface area contributed by atoms with E-state index in [4.69, 9.17) is 26.1 Å². The summed E-state index contributed by atoms with van der Waals surface area (Å²) in [6, 6.07) is 16.6. The number of benzene rings is 1. The number of hydrogen-bond donors (Lipinski definition) is 3. The fraction of sp³-hybridized carbons (Fsp3) is 0.379. The molecular formula is C29H32ClN5O5. The lowest BCUT2D eigenvalue weighted by Gasteiger charge is -2.22. The van der Waals surface area contributed by atoms with Crippen LogP contribution in [0.1, 0.15) is 18.4 Å². The molecule has 210 valence electrons. The number of aromatic nitrogens is 2. The van der Waals surface area contributed by atoms with Gasteiger partial charge in [0.25, 0.3) is 0 Å². The molecule has 0 bridgehead atoms. The Hall–Kier alpha value is -3.73. The summed E-state index contributed by atoms with van der Waals surface area (Å²) in [6.45, 7) is 2.53. The minimum absolute atomic E-state index is 0.00258. The highest BCUT2D eigenvalue weighted by atomic mass is 35.5. The molecule has 2 atom stereocenters. The Morgan fingerprint density at radius 1 is 1.07 bits per heavy atom. The Balaban J connectivity index is 1.19. The highest BCUT2D eigenvalue weighted by Crippen LogP contribution is 2.29. The topological polar surface area (TPSA) is 126 Å². The fourth-order valence-electron chi connectivity index (χ4n) is 4.81. The summed E-state index contributed by atoms with van der Waals surface area (Å²) in [5.74, 6) is 0.255. The number of carbonyl (C=O) groups excluding carboxylic acids is 2. The van der Waals surface area contributed by atoms with Crippen molar-refractivity contribution in [1.29, 1.82) is 0 Å². The highest BCUT2D eigenvalue weighted by Gasteiger charge is 2.39. The van der Waals surface area contributed by atoms with Crippen molar-refractivity contribution in [2.75, 3.05) is 43.5 Å². The van der Waals surface area contributed by atoms with E-state index >= 15 is 0 Å². The Bertz CT molecular complexity index is 1320. The fourth-order valence-corrected chi connectivity index (χ4v) is 5.01. The number of amides is 2. The van der Waals surface area contributed by atoms with Crippen LogP contribution >= 0.6 is 11.6 Å². The van der Waals surface area contributed by atoms with Gasteiger partial charge in [0.15, 0.2) is 0 Å². The molecule has 2 amide bonds. The maximum Gasteiger partial charge on any atom is 0.410 e. The molecule has 3 aromatic rings. The van der Waals surface area contributed by atoms with Crippen LogP contribution < -0.4 is 10.6 Å². The lowest BCUT2D eigenvalue weighted by atomic mass is 10.0. The summed E-state index contributed by atoms with van der Waals surface area (Å²) in [4.78, 5) is 35.8.